The minimum absolute atomic E-state index is 0.267. The zero-order valence-electron chi connectivity index (χ0n) is 8.36. The fourth-order valence-electron chi connectivity index (χ4n) is 1.19. The SMILES string of the molecule is CCn1ncc(COCC(=O)O)c1C. The molecule has 0 fully saturated rings. The summed E-state index contributed by atoms with van der Waals surface area (Å²) in [6, 6.07) is 0. The Morgan fingerprint density at radius 3 is 2.93 bits per heavy atom. The number of hydrogen-bond donors (Lipinski definition) is 1. The van der Waals surface area contributed by atoms with Gasteiger partial charge in [-0.25, -0.2) is 4.79 Å². The van der Waals surface area contributed by atoms with Crippen LogP contribution in [0.3, 0.4) is 0 Å². The number of ether oxygens (including phenoxy) is 1. The van der Waals surface area contributed by atoms with Gasteiger partial charge in [-0.1, -0.05) is 0 Å². The molecule has 0 saturated heterocycles. The lowest BCUT2D eigenvalue weighted by atomic mass is 10.3. The number of aromatic nitrogens is 2. The van der Waals surface area contributed by atoms with Crippen LogP contribution in [0.5, 0.6) is 0 Å². The van der Waals surface area contributed by atoms with Crippen LogP contribution in [0.4, 0.5) is 0 Å². The number of carboxylic acids is 1. The molecule has 0 aromatic carbocycles. The molecule has 0 saturated carbocycles. The maximum atomic E-state index is 10.2. The Balaban J connectivity index is 2.50. The molecule has 1 N–H and O–H groups in total. The summed E-state index contributed by atoms with van der Waals surface area (Å²) in [5.74, 6) is -0.953. The molecule has 1 aromatic rings. The molecule has 5 heteroatoms. The molecule has 78 valence electrons. The molecule has 0 radical (unpaired) electrons. The van der Waals surface area contributed by atoms with Crippen molar-refractivity contribution in [3.63, 3.8) is 0 Å². The minimum Gasteiger partial charge on any atom is -0.480 e. The molecule has 0 unspecified atom stereocenters. The summed E-state index contributed by atoms with van der Waals surface area (Å²) >= 11 is 0. The minimum atomic E-state index is -0.953. The van der Waals surface area contributed by atoms with Crippen molar-refractivity contribution in [1.82, 2.24) is 9.78 Å². The van der Waals surface area contributed by atoms with E-state index in [-0.39, 0.29) is 6.61 Å². The van der Waals surface area contributed by atoms with Gasteiger partial charge in [-0.2, -0.15) is 5.10 Å². The number of aryl methyl sites for hydroxylation is 1. The molecule has 0 atom stereocenters. The Morgan fingerprint density at radius 2 is 2.43 bits per heavy atom. The van der Waals surface area contributed by atoms with E-state index in [1.165, 1.54) is 0 Å². The van der Waals surface area contributed by atoms with Crippen molar-refractivity contribution in [2.75, 3.05) is 6.61 Å². The monoisotopic (exact) mass is 198 g/mol. The molecule has 1 aromatic heterocycles. The average Bonchev–Trinajstić information content (AvgIpc) is 2.47. The normalized spacial score (nSPS) is 10.4. The van der Waals surface area contributed by atoms with E-state index in [2.05, 4.69) is 5.10 Å². The molecule has 0 aliphatic rings. The van der Waals surface area contributed by atoms with Crippen molar-refractivity contribution >= 4 is 5.97 Å². The lowest BCUT2D eigenvalue weighted by Crippen LogP contribution is -2.07. The molecule has 0 aliphatic heterocycles. The van der Waals surface area contributed by atoms with Crippen LogP contribution in [0.15, 0.2) is 6.20 Å². The number of nitrogens with zero attached hydrogens (tertiary/aromatic N) is 2. The van der Waals surface area contributed by atoms with Crippen LogP contribution in [-0.4, -0.2) is 27.5 Å². The first-order valence-corrected chi connectivity index (χ1v) is 4.46. The molecular weight excluding hydrogens is 184 g/mol. The summed E-state index contributed by atoms with van der Waals surface area (Å²) < 4.78 is 6.81. The summed E-state index contributed by atoms with van der Waals surface area (Å²) in [4.78, 5) is 10.2. The fourth-order valence-corrected chi connectivity index (χ4v) is 1.19. The third-order valence-corrected chi connectivity index (χ3v) is 1.99. The second kappa shape index (κ2) is 4.76. The van der Waals surface area contributed by atoms with Gasteiger partial charge in [0, 0.05) is 17.8 Å². The van der Waals surface area contributed by atoms with Gasteiger partial charge in [0.2, 0.25) is 0 Å². The van der Waals surface area contributed by atoms with Crippen LogP contribution in [0.25, 0.3) is 0 Å². The number of rotatable bonds is 5. The fraction of sp³-hybridized carbons (Fsp3) is 0.556. The number of carboxylic acid groups (broad SMARTS) is 1. The summed E-state index contributed by atoms with van der Waals surface area (Å²) in [6.07, 6.45) is 1.71. The predicted octanol–water partition coefficient (Wildman–Crippen LogP) is 0.813. The van der Waals surface area contributed by atoms with Crippen LogP contribution in [0.2, 0.25) is 0 Å². The Kier molecular flexibility index (Phi) is 3.64. The van der Waals surface area contributed by atoms with Gasteiger partial charge < -0.3 is 9.84 Å². The van der Waals surface area contributed by atoms with Crippen LogP contribution in [0, 0.1) is 6.92 Å². The van der Waals surface area contributed by atoms with E-state index in [1.54, 1.807) is 6.20 Å². The Labute approximate surface area is 82.3 Å². The van der Waals surface area contributed by atoms with Crippen LogP contribution in [-0.2, 0) is 22.7 Å². The maximum absolute atomic E-state index is 10.2. The molecule has 0 aliphatic carbocycles. The van der Waals surface area contributed by atoms with Gasteiger partial charge in [-0.3, -0.25) is 4.68 Å². The quantitative estimate of drug-likeness (QED) is 0.760. The van der Waals surface area contributed by atoms with Gasteiger partial charge in [0.05, 0.1) is 12.8 Å². The van der Waals surface area contributed by atoms with E-state index in [9.17, 15) is 4.79 Å². The highest BCUT2D eigenvalue weighted by atomic mass is 16.5. The standard InChI is InChI=1S/C9H14N2O3/c1-3-11-7(2)8(4-10-11)5-14-6-9(12)13/h4H,3,5-6H2,1-2H3,(H,12,13). The Morgan fingerprint density at radius 1 is 1.71 bits per heavy atom. The second-order valence-electron chi connectivity index (χ2n) is 2.96. The summed E-state index contributed by atoms with van der Waals surface area (Å²) in [5.41, 5.74) is 1.96. The Bertz CT molecular complexity index is 320. The van der Waals surface area contributed by atoms with Crippen LogP contribution in [0.1, 0.15) is 18.2 Å². The van der Waals surface area contributed by atoms with Gasteiger partial charge in [-0.15, -0.1) is 0 Å². The van der Waals surface area contributed by atoms with Crippen molar-refractivity contribution in [1.29, 1.82) is 0 Å². The molecule has 0 bridgehead atoms. The molecule has 0 amide bonds. The average molecular weight is 198 g/mol. The molecule has 1 rings (SSSR count). The topological polar surface area (TPSA) is 64.4 Å². The number of aliphatic carboxylic acids is 1. The third-order valence-electron chi connectivity index (χ3n) is 1.99. The van der Waals surface area contributed by atoms with E-state index in [0.717, 1.165) is 17.8 Å². The van der Waals surface area contributed by atoms with E-state index in [4.69, 9.17) is 9.84 Å². The first-order valence-electron chi connectivity index (χ1n) is 4.46. The number of hydrogen-bond acceptors (Lipinski definition) is 3. The molecule has 1 heterocycles. The summed E-state index contributed by atoms with van der Waals surface area (Å²) in [5, 5.41) is 12.5. The highest BCUT2D eigenvalue weighted by molar-refractivity contribution is 5.67. The van der Waals surface area contributed by atoms with Crippen molar-refractivity contribution in [2.45, 2.75) is 27.0 Å². The van der Waals surface area contributed by atoms with Crippen molar-refractivity contribution in [2.24, 2.45) is 0 Å². The molecular formula is C9H14N2O3. The van der Waals surface area contributed by atoms with Crippen LogP contribution < -0.4 is 0 Å². The first-order chi connectivity index (χ1) is 6.65. The highest BCUT2D eigenvalue weighted by Gasteiger charge is 2.05. The summed E-state index contributed by atoms with van der Waals surface area (Å²) in [7, 11) is 0. The smallest absolute Gasteiger partial charge is 0.329 e. The molecule has 14 heavy (non-hydrogen) atoms. The van der Waals surface area contributed by atoms with Crippen molar-refractivity contribution in [3.05, 3.63) is 17.5 Å². The largest absolute Gasteiger partial charge is 0.480 e. The zero-order valence-corrected chi connectivity index (χ0v) is 8.36. The van der Waals surface area contributed by atoms with Crippen LogP contribution >= 0.6 is 0 Å². The third kappa shape index (κ3) is 2.56. The van der Waals surface area contributed by atoms with Gasteiger partial charge in [0.1, 0.15) is 6.61 Å². The number of carbonyl (C=O) groups is 1. The molecule has 0 spiro atoms. The van der Waals surface area contributed by atoms with Gasteiger partial charge >= 0.3 is 5.97 Å². The zero-order chi connectivity index (χ0) is 10.6. The lowest BCUT2D eigenvalue weighted by Gasteiger charge is -2.02. The highest BCUT2D eigenvalue weighted by Crippen LogP contribution is 2.08. The van der Waals surface area contributed by atoms with Crippen molar-refractivity contribution in [3.8, 4) is 0 Å². The van der Waals surface area contributed by atoms with Crippen molar-refractivity contribution < 1.29 is 14.6 Å². The van der Waals surface area contributed by atoms with Gasteiger partial charge in [0.25, 0.3) is 0 Å². The maximum Gasteiger partial charge on any atom is 0.329 e. The Hall–Kier alpha value is -1.36. The van der Waals surface area contributed by atoms with E-state index in [0.29, 0.717) is 6.61 Å². The van der Waals surface area contributed by atoms with E-state index < -0.39 is 5.97 Å². The summed E-state index contributed by atoms with van der Waals surface area (Å²) in [6.45, 7) is 4.79. The first kappa shape index (κ1) is 10.7. The van der Waals surface area contributed by atoms with Gasteiger partial charge in [-0.05, 0) is 13.8 Å². The van der Waals surface area contributed by atoms with Gasteiger partial charge in [0.15, 0.2) is 0 Å². The van der Waals surface area contributed by atoms with E-state index >= 15 is 0 Å². The second-order valence-corrected chi connectivity index (χ2v) is 2.96. The molecule has 5 nitrogen and oxygen atoms in total. The van der Waals surface area contributed by atoms with E-state index in [1.807, 2.05) is 18.5 Å². The predicted molar refractivity (Wildman–Crippen MR) is 49.9 cm³/mol. The lowest BCUT2D eigenvalue weighted by molar-refractivity contribution is -0.142.